The molecule has 5 heteroatoms. The molecule has 0 bridgehead atoms. The molecule has 0 aliphatic carbocycles. The Hall–Kier alpha value is -2.04. The Morgan fingerprint density at radius 2 is 2.00 bits per heavy atom. The van der Waals surface area contributed by atoms with Crippen LogP contribution in [0.1, 0.15) is 5.56 Å². The highest BCUT2D eigenvalue weighted by atomic mass is 35.5. The highest BCUT2D eigenvalue weighted by molar-refractivity contribution is 6.30. The van der Waals surface area contributed by atoms with Crippen molar-refractivity contribution in [3.8, 4) is 0 Å². The monoisotopic (exact) mass is 304 g/mol. The zero-order valence-corrected chi connectivity index (χ0v) is 12.5. The summed E-state index contributed by atoms with van der Waals surface area (Å²) in [6.45, 7) is 0.673. The number of hydrogen-bond donors (Lipinski definition) is 2. The molecule has 0 heterocycles. The van der Waals surface area contributed by atoms with Crippen LogP contribution in [0.3, 0.4) is 0 Å². The molecule has 0 fully saturated rings. The third-order valence-electron chi connectivity index (χ3n) is 2.86. The molecule has 0 spiro atoms. The number of benzene rings is 2. The topological polar surface area (TPSA) is 50.4 Å². The van der Waals surface area contributed by atoms with Crippen molar-refractivity contribution in [2.24, 2.45) is 0 Å². The number of halogens is 1. The van der Waals surface area contributed by atoms with Gasteiger partial charge in [-0.3, -0.25) is 4.79 Å². The lowest BCUT2D eigenvalue weighted by Gasteiger charge is -2.11. The van der Waals surface area contributed by atoms with Gasteiger partial charge in [0.25, 0.3) is 0 Å². The van der Waals surface area contributed by atoms with Gasteiger partial charge in [0.05, 0.1) is 13.2 Å². The number of hydrogen-bond acceptors (Lipinski definition) is 3. The summed E-state index contributed by atoms with van der Waals surface area (Å²) >= 11 is 5.88. The Kier molecular flexibility index (Phi) is 5.60. The molecule has 0 saturated heterocycles. The predicted octanol–water partition coefficient (Wildman–Crippen LogP) is 3.54. The van der Waals surface area contributed by atoms with Crippen molar-refractivity contribution in [2.45, 2.75) is 6.61 Å². The van der Waals surface area contributed by atoms with Crippen molar-refractivity contribution in [3.63, 3.8) is 0 Å². The number of carbonyl (C=O) groups excluding carboxylic acids is 1. The fraction of sp³-hybridized carbons (Fsp3) is 0.188. The average Bonchev–Trinajstić information content (AvgIpc) is 2.47. The third kappa shape index (κ3) is 4.77. The fourth-order valence-electron chi connectivity index (χ4n) is 1.92. The van der Waals surface area contributed by atoms with E-state index in [9.17, 15) is 4.79 Å². The molecule has 2 aromatic rings. The molecule has 0 radical (unpaired) electrons. The van der Waals surface area contributed by atoms with Gasteiger partial charge in [-0.05, 0) is 24.3 Å². The molecule has 0 unspecified atom stereocenters. The smallest absolute Gasteiger partial charge is 0.243 e. The van der Waals surface area contributed by atoms with Crippen LogP contribution in [0, 0.1) is 0 Å². The minimum Gasteiger partial charge on any atom is -0.380 e. The normalized spacial score (nSPS) is 10.2. The summed E-state index contributed by atoms with van der Waals surface area (Å²) in [5.74, 6) is -0.135. The fourth-order valence-corrected chi connectivity index (χ4v) is 2.11. The van der Waals surface area contributed by atoms with Gasteiger partial charge in [0.1, 0.15) is 0 Å². The van der Waals surface area contributed by atoms with Gasteiger partial charge < -0.3 is 15.4 Å². The van der Waals surface area contributed by atoms with Crippen LogP contribution in [0.5, 0.6) is 0 Å². The quantitative estimate of drug-likeness (QED) is 0.858. The van der Waals surface area contributed by atoms with Crippen molar-refractivity contribution in [3.05, 3.63) is 59.1 Å². The lowest BCUT2D eigenvalue weighted by molar-refractivity contribution is -0.114. The molecule has 0 atom stereocenters. The van der Waals surface area contributed by atoms with Gasteiger partial charge in [-0.1, -0.05) is 35.9 Å². The van der Waals surface area contributed by atoms with Gasteiger partial charge in [0.15, 0.2) is 0 Å². The van der Waals surface area contributed by atoms with Crippen molar-refractivity contribution in [2.75, 3.05) is 24.3 Å². The first-order chi connectivity index (χ1) is 10.2. The SMILES string of the molecule is COCc1ccccc1NCC(=O)Nc1cccc(Cl)c1. The summed E-state index contributed by atoms with van der Waals surface area (Å²) in [5.41, 5.74) is 2.58. The van der Waals surface area contributed by atoms with Gasteiger partial charge in [0, 0.05) is 29.1 Å². The maximum atomic E-state index is 11.9. The summed E-state index contributed by atoms with van der Waals surface area (Å²) in [6.07, 6.45) is 0. The van der Waals surface area contributed by atoms with Crippen LogP contribution < -0.4 is 10.6 Å². The Balaban J connectivity index is 1.92. The molecule has 21 heavy (non-hydrogen) atoms. The number of nitrogens with one attached hydrogen (secondary N) is 2. The summed E-state index contributed by atoms with van der Waals surface area (Å²) in [6, 6.07) is 14.8. The minimum absolute atomic E-state index is 0.135. The summed E-state index contributed by atoms with van der Waals surface area (Å²) < 4.78 is 5.13. The molecule has 2 rings (SSSR count). The van der Waals surface area contributed by atoms with Crippen LogP contribution in [0.2, 0.25) is 5.02 Å². The van der Waals surface area contributed by atoms with Crippen molar-refractivity contribution >= 4 is 28.9 Å². The summed E-state index contributed by atoms with van der Waals surface area (Å²) in [5, 5.41) is 6.48. The lowest BCUT2D eigenvalue weighted by Crippen LogP contribution is -2.22. The maximum absolute atomic E-state index is 11.9. The first-order valence-electron chi connectivity index (χ1n) is 6.55. The average molecular weight is 305 g/mol. The molecule has 0 aliphatic heterocycles. The van der Waals surface area contributed by atoms with E-state index in [4.69, 9.17) is 16.3 Å². The second-order valence-electron chi connectivity index (χ2n) is 4.50. The number of rotatable bonds is 6. The zero-order chi connectivity index (χ0) is 15.1. The predicted molar refractivity (Wildman–Crippen MR) is 85.7 cm³/mol. The molecular formula is C16H17ClN2O2. The van der Waals surface area contributed by atoms with Crippen molar-refractivity contribution in [1.29, 1.82) is 0 Å². The molecule has 1 amide bonds. The Bertz CT molecular complexity index is 617. The van der Waals surface area contributed by atoms with Gasteiger partial charge in [-0.25, -0.2) is 0 Å². The van der Waals surface area contributed by atoms with Gasteiger partial charge in [0.2, 0.25) is 5.91 Å². The van der Waals surface area contributed by atoms with Gasteiger partial charge in [-0.2, -0.15) is 0 Å². The summed E-state index contributed by atoms with van der Waals surface area (Å²) in [7, 11) is 1.64. The van der Waals surface area contributed by atoms with E-state index in [2.05, 4.69) is 10.6 Å². The Labute approximate surface area is 129 Å². The molecule has 2 N–H and O–H groups in total. The third-order valence-corrected chi connectivity index (χ3v) is 3.10. The maximum Gasteiger partial charge on any atom is 0.243 e. The Morgan fingerprint density at radius 3 is 2.76 bits per heavy atom. The highest BCUT2D eigenvalue weighted by Gasteiger charge is 2.05. The van der Waals surface area contributed by atoms with E-state index >= 15 is 0 Å². The summed E-state index contributed by atoms with van der Waals surface area (Å²) in [4.78, 5) is 11.9. The van der Waals surface area contributed by atoms with E-state index in [1.54, 1.807) is 31.4 Å². The second-order valence-corrected chi connectivity index (χ2v) is 4.94. The van der Waals surface area contributed by atoms with E-state index in [0.29, 0.717) is 17.3 Å². The van der Waals surface area contributed by atoms with Crippen LogP contribution in [-0.4, -0.2) is 19.6 Å². The van der Waals surface area contributed by atoms with E-state index < -0.39 is 0 Å². The number of amides is 1. The number of carbonyl (C=O) groups is 1. The Morgan fingerprint density at radius 1 is 1.19 bits per heavy atom. The van der Waals surface area contributed by atoms with E-state index in [0.717, 1.165) is 11.3 Å². The minimum atomic E-state index is -0.135. The molecule has 0 aromatic heterocycles. The zero-order valence-electron chi connectivity index (χ0n) is 11.7. The van der Waals surface area contributed by atoms with E-state index in [1.807, 2.05) is 24.3 Å². The lowest BCUT2D eigenvalue weighted by atomic mass is 10.2. The number of para-hydroxylation sites is 1. The molecule has 4 nitrogen and oxygen atoms in total. The number of methoxy groups -OCH3 is 1. The van der Waals surface area contributed by atoms with Crippen LogP contribution in [0.25, 0.3) is 0 Å². The first kappa shape index (κ1) is 15.4. The number of anilines is 2. The number of ether oxygens (including phenoxy) is 1. The van der Waals surface area contributed by atoms with Crippen molar-refractivity contribution in [1.82, 2.24) is 0 Å². The molecular weight excluding hydrogens is 288 g/mol. The second kappa shape index (κ2) is 7.67. The van der Waals surface area contributed by atoms with Crippen LogP contribution in [0.15, 0.2) is 48.5 Å². The molecule has 0 saturated carbocycles. The molecule has 0 aliphatic rings. The van der Waals surface area contributed by atoms with E-state index in [-0.39, 0.29) is 12.5 Å². The molecule has 110 valence electrons. The van der Waals surface area contributed by atoms with Gasteiger partial charge in [-0.15, -0.1) is 0 Å². The van der Waals surface area contributed by atoms with Crippen LogP contribution in [-0.2, 0) is 16.1 Å². The first-order valence-corrected chi connectivity index (χ1v) is 6.93. The van der Waals surface area contributed by atoms with Crippen LogP contribution >= 0.6 is 11.6 Å². The standard InChI is InChI=1S/C16H17ClN2O2/c1-21-11-12-5-2-3-8-15(12)18-10-16(20)19-14-7-4-6-13(17)9-14/h2-9,18H,10-11H2,1H3,(H,19,20). The van der Waals surface area contributed by atoms with E-state index in [1.165, 1.54) is 0 Å². The largest absolute Gasteiger partial charge is 0.380 e. The van der Waals surface area contributed by atoms with Crippen LogP contribution in [0.4, 0.5) is 11.4 Å². The highest BCUT2D eigenvalue weighted by Crippen LogP contribution is 2.16. The molecule has 2 aromatic carbocycles. The van der Waals surface area contributed by atoms with Gasteiger partial charge >= 0.3 is 0 Å². The van der Waals surface area contributed by atoms with Crippen molar-refractivity contribution < 1.29 is 9.53 Å².